The maximum atomic E-state index is 14.0. The van der Waals surface area contributed by atoms with Crippen LogP contribution in [0.15, 0.2) is 41.7 Å². The second-order valence-corrected chi connectivity index (χ2v) is 34.6. The molecule has 2 aromatic carbocycles. The molecule has 47 nitrogen and oxygen atoms in total. The maximum Gasteiger partial charge on any atom is 0.397 e. The summed E-state index contributed by atoms with van der Waals surface area (Å²) in [6, 6.07) is 0.947. The van der Waals surface area contributed by atoms with Crippen molar-refractivity contribution < 1.29 is 135 Å². The molecular weight excluding hydrogens is 1690 g/mol. The minimum Gasteiger partial charge on any atom is -0.748 e. The molecule has 14 atom stereocenters. The number of fused-ring (bicyclic) bond motifs is 4. The Kier molecular flexibility index (Phi) is 34.7. The van der Waals surface area contributed by atoms with Crippen LogP contribution in [0.3, 0.4) is 0 Å². The maximum absolute atomic E-state index is 14.0. The smallest absolute Gasteiger partial charge is 0.397 e. The molecule has 0 radical (unpaired) electrons. The first kappa shape index (κ1) is 97.3. The van der Waals surface area contributed by atoms with Gasteiger partial charge in [0.25, 0.3) is 0 Å². The van der Waals surface area contributed by atoms with Gasteiger partial charge in [0.05, 0.1) is 68.1 Å². The molecule has 123 heavy (non-hydrogen) atoms. The number of aliphatic hydroxyl groups excluding tert-OH is 4. The van der Waals surface area contributed by atoms with E-state index >= 15 is 0 Å². The molecule has 2 fully saturated rings. The van der Waals surface area contributed by atoms with Crippen LogP contribution in [0, 0.1) is 0 Å². The number of carbonyl (C=O) groups is 9. The molecule has 2 saturated heterocycles. The minimum absolute atomic E-state index is 0.0306. The van der Waals surface area contributed by atoms with Gasteiger partial charge in [-0.15, -0.1) is 10.2 Å². The molecule has 5 aliphatic rings. The number of nitrogens with two attached hydrogens (primary N) is 1. The highest BCUT2D eigenvalue weighted by Gasteiger charge is 2.51. The fourth-order valence-corrected chi connectivity index (χ4v) is 17.2. The number of benzene rings is 2. The molecule has 0 bridgehead atoms. The fourth-order valence-electron chi connectivity index (χ4n) is 15.3. The van der Waals surface area contributed by atoms with Gasteiger partial charge in [-0.2, -0.15) is 16.8 Å². The number of amides is 9. The molecule has 9 amide bonds. The summed E-state index contributed by atoms with van der Waals surface area (Å²) in [6.45, 7) is 8.00. The van der Waals surface area contributed by atoms with Gasteiger partial charge in [0.15, 0.2) is 24.1 Å². The Labute approximate surface area is 707 Å². The van der Waals surface area contributed by atoms with Crippen LogP contribution in [0.5, 0.6) is 11.5 Å². The normalized spacial score (nSPS) is 22.4. The highest BCUT2D eigenvalue weighted by atomic mass is 32.3. The Morgan fingerprint density at radius 3 is 1.67 bits per heavy atom. The van der Waals surface area contributed by atoms with Crippen LogP contribution in [0.1, 0.15) is 153 Å². The number of aryl methyl sites for hydroxylation is 3. The van der Waals surface area contributed by atoms with Crippen molar-refractivity contribution in [1.29, 1.82) is 0 Å². The van der Waals surface area contributed by atoms with Crippen molar-refractivity contribution in [2.24, 2.45) is 10.7 Å². The van der Waals surface area contributed by atoms with E-state index in [1.807, 2.05) is 32.0 Å². The molecule has 9 rings (SSSR count). The van der Waals surface area contributed by atoms with Gasteiger partial charge in [0.1, 0.15) is 102 Å². The number of carbonyl (C=O) groups excluding carboxylic acids is 9. The average Bonchev–Trinajstić information content (AvgIpc) is 0.866. The number of hydrogen-bond acceptors (Lipinski definition) is 33. The predicted molar refractivity (Wildman–Crippen MR) is 423 cm³/mol. The Morgan fingerprint density at radius 1 is 0.659 bits per heavy atom. The van der Waals surface area contributed by atoms with Crippen LogP contribution in [0.4, 0.5) is 11.4 Å². The standard InChI is InChI=1S/C73H108N18O29S3/c1-7-88-22-14-16-43-26-51-55(28-53(43)88)116-56-29-54-47(27-52(56)81-51)44(39-121(105,106)107)30-73(5,6)91(54)25-15-20-59(97)75-21-11-8-17-48(68(74)102)82-60(98)31-77-70(104)50(19-10-13-24-90-34-46(85-87-90)38-115-72-63(80-42(4)96)65(101)67(58(36-93)118-72)120-123(111,112)113)83-61(99)32-76-69(103)49(78-40(2)94)18-9-12-23-89-33-45(84-86-89)37-114-71-62(79-41(3)95)64(100)66(57(35-92)117-71)119-122(108,109)110/h26-29,33-34,44,48-50,57-58,62-67,71-72,92-93,100-101H,7-25,30-32,35-39H2,1-6H3,(H12-,74,75,76,77,78,79,80,82,83,94,95,96,97,98,99,102,103,104,105,106,107,108,109,110,111,112,113)/t44?,48-,49-,50-,57+,58+,62+,63+,64+,65+,66-,67-,71+,72+/m0/s1. The molecule has 7 heterocycles. The minimum atomic E-state index is -5.18. The molecule has 682 valence electrons. The lowest BCUT2D eigenvalue weighted by Crippen LogP contribution is -2.65. The number of aromatic nitrogens is 6. The number of nitrogens with one attached hydrogen (secondary N) is 8. The Hall–Kier alpha value is -9.52. The van der Waals surface area contributed by atoms with E-state index in [1.165, 1.54) is 28.7 Å². The summed E-state index contributed by atoms with van der Waals surface area (Å²) in [7, 11) is -15.0. The fraction of sp³-hybridized carbons (Fsp3) is 0.658. The Morgan fingerprint density at radius 2 is 1.18 bits per heavy atom. The van der Waals surface area contributed by atoms with E-state index in [0.29, 0.717) is 72.4 Å². The highest BCUT2D eigenvalue weighted by molar-refractivity contribution is 7.85. The lowest BCUT2D eigenvalue weighted by molar-refractivity contribution is -0.269. The second-order valence-electron chi connectivity index (χ2n) is 31.0. The van der Waals surface area contributed by atoms with E-state index in [1.54, 1.807) is 6.07 Å². The van der Waals surface area contributed by atoms with Gasteiger partial charge in [-0.1, -0.05) is 10.4 Å². The van der Waals surface area contributed by atoms with Crippen molar-refractivity contribution in [2.75, 3.05) is 63.1 Å². The van der Waals surface area contributed by atoms with Crippen LogP contribution in [0.25, 0.3) is 0 Å². The zero-order valence-corrected chi connectivity index (χ0v) is 71.0. The number of hydrogen-bond donors (Lipinski definition) is 15. The van der Waals surface area contributed by atoms with Crippen molar-refractivity contribution in [2.45, 2.75) is 249 Å². The quantitative estimate of drug-likeness (QED) is 0.00982. The van der Waals surface area contributed by atoms with Crippen molar-refractivity contribution in [3.63, 3.8) is 0 Å². The average molecular weight is 1800 g/mol. The van der Waals surface area contributed by atoms with Gasteiger partial charge in [0.2, 0.25) is 58.5 Å². The number of ether oxygens (including phenoxy) is 5. The molecule has 0 aliphatic carbocycles. The predicted octanol–water partition coefficient (Wildman–Crippen LogP) is -5.42. The zero-order chi connectivity index (χ0) is 89.8. The summed E-state index contributed by atoms with van der Waals surface area (Å²) in [5, 5.41) is 79.7. The number of rotatable bonds is 46. The number of primary amides is 1. The first-order chi connectivity index (χ1) is 58.1. The van der Waals surface area contributed by atoms with E-state index in [-0.39, 0.29) is 95.1 Å². The summed E-state index contributed by atoms with van der Waals surface area (Å²) in [4.78, 5) is 124. The van der Waals surface area contributed by atoms with E-state index < -0.39 is 201 Å². The molecule has 1 unspecified atom stereocenters. The molecule has 4 aromatic rings. The Balaban J connectivity index is 0.760. The third-order valence-corrected chi connectivity index (χ3v) is 22.7. The number of anilines is 1. The van der Waals surface area contributed by atoms with Crippen LogP contribution in [-0.4, -0.2) is 286 Å². The first-order valence-corrected chi connectivity index (χ1v) is 44.3. The molecule has 2 aromatic heterocycles. The van der Waals surface area contributed by atoms with Gasteiger partial charge < -0.3 is 102 Å². The summed E-state index contributed by atoms with van der Waals surface area (Å²) in [5.74, 6) is -6.74. The third kappa shape index (κ3) is 28.8. The topological polar surface area (TPSA) is 667 Å². The molecule has 0 spiro atoms. The monoisotopic (exact) mass is 1800 g/mol. The molecule has 16 N–H and O–H groups in total. The second kappa shape index (κ2) is 43.9. The van der Waals surface area contributed by atoms with Crippen LogP contribution in [-0.2, 0) is 134 Å². The lowest BCUT2D eigenvalue weighted by Gasteiger charge is -2.48. The van der Waals surface area contributed by atoms with Gasteiger partial charge >= 0.3 is 20.8 Å². The molecule has 0 saturated carbocycles. The van der Waals surface area contributed by atoms with Crippen LogP contribution < -0.4 is 73.2 Å². The largest absolute Gasteiger partial charge is 0.748 e. The van der Waals surface area contributed by atoms with E-state index in [0.717, 1.165) is 50.7 Å². The van der Waals surface area contributed by atoms with Crippen molar-refractivity contribution in [3.05, 3.63) is 69.9 Å². The summed E-state index contributed by atoms with van der Waals surface area (Å²) >= 11 is 0. The van der Waals surface area contributed by atoms with E-state index in [2.05, 4.69) is 87.9 Å². The molecule has 5 aliphatic heterocycles. The third-order valence-electron chi connectivity index (χ3n) is 21.0. The summed E-state index contributed by atoms with van der Waals surface area (Å²) in [6.07, 6.45) is -6.33. The van der Waals surface area contributed by atoms with E-state index in [4.69, 9.17) is 34.4 Å². The van der Waals surface area contributed by atoms with Crippen molar-refractivity contribution in [3.8, 4) is 11.5 Å². The van der Waals surface area contributed by atoms with Gasteiger partial charge in [0, 0.05) is 94.3 Å². The molecule has 50 heteroatoms. The van der Waals surface area contributed by atoms with Gasteiger partial charge in [-0.3, -0.25) is 61.6 Å². The van der Waals surface area contributed by atoms with Crippen molar-refractivity contribution in [1.82, 2.24) is 77.1 Å². The molecular formula is C73H108N18O29S3. The highest BCUT2D eigenvalue weighted by Crippen LogP contribution is 2.50. The van der Waals surface area contributed by atoms with Gasteiger partial charge in [-0.25, -0.2) is 26.4 Å². The number of nitrogens with zero attached hydrogens (tertiary/aromatic N) is 9. The lowest BCUT2D eigenvalue weighted by atomic mass is 9.79. The Bertz CT molecular complexity index is 4930. The van der Waals surface area contributed by atoms with Crippen molar-refractivity contribution >= 4 is 95.5 Å². The number of unbranched alkanes of at least 4 members (excludes halogenated alkanes) is 3. The van der Waals surface area contributed by atoms with E-state index in [9.17, 15) is 102 Å². The van der Waals surface area contributed by atoms with Crippen LogP contribution in [0.2, 0.25) is 0 Å². The summed E-state index contributed by atoms with van der Waals surface area (Å²) in [5.41, 5.74) is 8.40. The van der Waals surface area contributed by atoms with Gasteiger partial charge in [-0.05, 0) is 116 Å². The van der Waals surface area contributed by atoms with Crippen LogP contribution >= 0.6 is 0 Å². The summed E-state index contributed by atoms with van der Waals surface area (Å²) < 4.78 is 145. The first-order valence-electron chi connectivity index (χ1n) is 40.0. The SMILES string of the molecule is CC[N+]1=c2cc3c(cc2CCC1)=Nc1cc2c(cc1O3)N(CCCC(=O)NCCCC[C@H](NC(=O)CNC(=O)[C@H](CCCCn1cc(CO[C@@H]3O[C@H](CO)[C@H](OS(=O)(=O)O)[C@H](O)[C@H]3NC(C)=O)nn1)NC(=O)CNC(=O)[C@H](CCCCn1cc(CO[C@@H]3O[C@H](CO)[C@H](OS(=O)(=O)O)[C@H](O)[C@H]3NC(C)=O)nn1)NC(C)=O)C(N)=O)C(C)(C)CC2CS(=O)(=O)[O-]. The number of aliphatic hydroxyl groups is 4. The zero-order valence-electron chi connectivity index (χ0n) is 68.5.